The van der Waals surface area contributed by atoms with E-state index < -0.39 is 0 Å². The fraction of sp³-hybridized carbons (Fsp3) is 0.938. The Kier molecular flexibility index (Phi) is 8.86. The van der Waals surface area contributed by atoms with Gasteiger partial charge in [0.15, 0.2) is 0 Å². The van der Waals surface area contributed by atoms with Gasteiger partial charge in [-0.25, -0.2) is 0 Å². The second kappa shape index (κ2) is 10.2. The van der Waals surface area contributed by atoms with Crippen LogP contribution in [0.3, 0.4) is 0 Å². The van der Waals surface area contributed by atoms with E-state index in [0.29, 0.717) is 6.54 Å². The van der Waals surface area contributed by atoms with Gasteiger partial charge in [-0.2, -0.15) is 0 Å². The first-order valence-corrected chi connectivity index (χ1v) is 8.36. The van der Waals surface area contributed by atoms with Crippen molar-refractivity contribution in [2.24, 2.45) is 0 Å². The largest absolute Gasteiger partial charge is 0.343 e. The lowest BCUT2D eigenvalue weighted by Gasteiger charge is -2.31. The molecule has 0 bridgehead atoms. The minimum Gasteiger partial charge on any atom is -0.343 e. The summed E-state index contributed by atoms with van der Waals surface area (Å²) in [5, 5.41) is 0. The van der Waals surface area contributed by atoms with Crippen LogP contribution >= 0.6 is 0 Å². The van der Waals surface area contributed by atoms with Gasteiger partial charge < -0.3 is 9.80 Å². The van der Waals surface area contributed by atoms with E-state index in [2.05, 4.69) is 23.6 Å². The van der Waals surface area contributed by atoms with E-state index in [9.17, 15) is 4.79 Å². The highest BCUT2D eigenvalue weighted by molar-refractivity contribution is 5.78. The molecule has 0 aromatic heterocycles. The molecule has 0 aromatic carbocycles. The standard InChI is InChI=1S/C8H16N2O.C8H17N/c1-3-4-10-6-5-9(2)8(11)7-10;1-2-6-9-7-4-3-5-8-9/h3-7H2,1-2H3;2-8H2,1H3. The summed E-state index contributed by atoms with van der Waals surface area (Å²) in [6.07, 6.45) is 6.78. The van der Waals surface area contributed by atoms with Gasteiger partial charge >= 0.3 is 0 Å². The monoisotopic (exact) mass is 283 g/mol. The molecule has 2 rings (SSSR count). The molecule has 20 heavy (non-hydrogen) atoms. The average molecular weight is 283 g/mol. The summed E-state index contributed by atoms with van der Waals surface area (Å²) in [6, 6.07) is 0. The lowest BCUT2D eigenvalue weighted by atomic mass is 10.1. The summed E-state index contributed by atoms with van der Waals surface area (Å²) in [5.74, 6) is 0.254. The van der Waals surface area contributed by atoms with Crippen molar-refractivity contribution in [3.05, 3.63) is 0 Å². The van der Waals surface area contributed by atoms with Crippen LogP contribution in [0.15, 0.2) is 0 Å². The number of piperidine rings is 1. The SMILES string of the molecule is CCCN1CCCCC1.CCCN1CCN(C)C(=O)C1. The van der Waals surface area contributed by atoms with Crippen molar-refractivity contribution in [1.82, 2.24) is 14.7 Å². The topological polar surface area (TPSA) is 26.8 Å². The Morgan fingerprint density at radius 2 is 1.45 bits per heavy atom. The molecule has 2 aliphatic heterocycles. The van der Waals surface area contributed by atoms with Gasteiger partial charge in [0.1, 0.15) is 0 Å². The van der Waals surface area contributed by atoms with Crippen molar-refractivity contribution < 1.29 is 4.79 Å². The van der Waals surface area contributed by atoms with Crippen molar-refractivity contribution in [3.8, 4) is 0 Å². The second-order valence-electron chi connectivity index (χ2n) is 5.99. The van der Waals surface area contributed by atoms with Crippen LogP contribution in [0.5, 0.6) is 0 Å². The number of hydrogen-bond donors (Lipinski definition) is 0. The van der Waals surface area contributed by atoms with E-state index in [4.69, 9.17) is 0 Å². The number of carbonyl (C=O) groups excluding carboxylic acids is 1. The van der Waals surface area contributed by atoms with Gasteiger partial charge in [0, 0.05) is 20.1 Å². The molecule has 0 atom stereocenters. The molecule has 118 valence electrons. The van der Waals surface area contributed by atoms with Gasteiger partial charge in [-0.3, -0.25) is 9.69 Å². The molecule has 0 N–H and O–H groups in total. The molecule has 2 aliphatic rings. The van der Waals surface area contributed by atoms with Gasteiger partial charge in [-0.05, 0) is 51.9 Å². The van der Waals surface area contributed by atoms with E-state index in [-0.39, 0.29) is 5.91 Å². The zero-order valence-corrected chi connectivity index (χ0v) is 13.7. The van der Waals surface area contributed by atoms with E-state index in [1.54, 1.807) is 4.90 Å². The molecular weight excluding hydrogens is 250 g/mol. The smallest absolute Gasteiger partial charge is 0.236 e. The molecule has 2 fully saturated rings. The lowest BCUT2D eigenvalue weighted by molar-refractivity contribution is -0.134. The van der Waals surface area contributed by atoms with Crippen LogP contribution in [0.4, 0.5) is 0 Å². The third kappa shape index (κ3) is 6.71. The Morgan fingerprint density at radius 3 is 2.00 bits per heavy atom. The van der Waals surface area contributed by atoms with Gasteiger partial charge in [-0.1, -0.05) is 20.3 Å². The van der Waals surface area contributed by atoms with E-state index in [1.807, 2.05) is 7.05 Å². The fourth-order valence-electron chi connectivity index (χ4n) is 2.81. The van der Waals surface area contributed by atoms with Gasteiger partial charge in [-0.15, -0.1) is 0 Å². The van der Waals surface area contributed by atoms with E-state index >= 15 is 0 Å². The first kappa shape index (κ1) is 17.4. The van der Waals surface area contributed by atoms with Crippen LogP contribution in [-0.2, 0) is 4.79 Å². The van der Waals surface area contributed by atoms with Crippen molar-refractivity contribution in [3.63, 3.8) is 0 Å². The highest BCUT2D eigenvalue weighted by Crippen LogP contribution is 2.08. The number of carbonyl (C=O) groups is 1. The molecule has 2 saturated heterocycles. The van der Waals surface area contributed by atoms with Crippen molar-refractivity contribution in [2.45, 2.75) is 46.0 Å². The van der Waals surface area contributed by atoms with Crippen molar-refractivity contribution >= 4 is 5.91 Å². The highest BCUT2D eigenvalue weighted by atomic mass is 16.2. The number of rotatable bonds is 4. The lowest BCUT2D eigenvalue weighted by Crippen LogP contribution is -2.48. The van der Waals surface area contributed by atoms with Gasteiger partial charge in [0.2, 0.25) is 5.91 Å². The zero-order chi connectivity index (χ0) is 14.8. The predicted octanol–water partition coefficient (Wildman–Crippen LogP) is 2.05. The molecule has 0 unspecified atom stereocenters. The number of piperazine rings is 1. The zero-order valence-electron chi connectivity index (χ0n) is 13.7. The summed E-state index contributed by atoms with van der Waals surface area (Å²) in [7, 11) is 1.87. The molecule has 0 saturated carbocycles. The highest BCUT2D eigenvalue weighted by Gasteiger charge is 2.19. The molecule has 1 amide bonds. The van der Waals surface area contributed by atoms with Crippen molar-refractivity contribution in [2.75, 3.05) is 52.9 Å². The molecule has 0 aromatic rings. The molecular formula is C16H33N3O. The molecule has 4 heteroatoms. The van der Waals surface area contributed by atoms with Crippen LogP contribution < -0.4 is 0 Å². The Hall–Kier alpha value is -0.610. The predicted molar refractivity (Wildman–Crippen MR) is 85.0 cm³/mol. The van der Waals surface area contributed by atoms with Crippen LogP contribution in [0.2, 0.25) is 0 Å². The molecule has 4 nitrogen and oxygen atoms in total. The number of hydrogen-bond acceptors (Lipinski definition) is 3. The van der Waals surface area contributed by atoms with Crippen LogP contribution in [0.25, 0.3) is 0 Å². The maximum absolute atomic E-state index is 11.2. The van der Waals surface area contributed by atoms with Crippen LogP contribution in [0.1, 0.15) is 46.0 Å². The minimum absolute atomic E-state index is 0.254. The Balaban J connectivity index is 0.000000204. The van der Waals surface area contributed by atoms with E-state index in [1.165, 1.54) is 45.3 Å². The average Bonchev–Trinajstić information content (AvgIpc) is 2.46. The Bertz CT molecular complexity index is 262. The summed E-state index contributed by atoms with van der Waals surface area (Å²) in [6.45, 7) is 12.0. The summed E-state index contributed by atoms with van der Waals surface area (Å²) in [5.41, 5.74) is 0. The summed E-state index contributed by atoms with van der Waals surface area (Å²) < 4.78 is 0. The maximum Gasteiger partial charge on any atom is 0.236 e. The molecule has 0 spiro atoms. The number of likely N-dealkylation sites (N-methyl/N-ethyl adjacent to an activating group) is 1. The fourth-order valence-corrected chi connectivity index (χ4v) is 2.81. The van der Waals surface area contributed by atoms with Gasteiger partial charge in [0.25, 0.3) is 0 Å². The quantitative estimate of drug-likeness (QED) is 0.790. The van der Waals surface area contributed by atoms with Crippen LogP contribution in [-0.4, -0.2) is 73.5 Å². The summed E-state index contributed by atoms with van der Waals surface area (Å²) in [4.78, 5) is 17.7. The number of likely N-dealkylation sites (tertiary alicyclic amines) is 1. The normalized spacial score (nSPS) is 21.6. The maximum atomic E-state index is 11.2. The number of amides is 1. The first-order chi connectivity index (χ1) is 9.67. The third-order valence-electron chi connectivity index (χ3n) is 4.06. The Morgan fingerprint density at radius 1 is 0.850 bits per heavy atom. The first-order valence-electron chi connectivity index (χ1n) is 8.36. The third-order valence-corrected chi connectivity index (χ3v) is 4.06. The Labute approximate surface area is 125 Å². The molecule has 2 heterocycles. The van der Waals surface area contributed by atoms with Gasteiger partial charge in [0.05, 0.1) is 6.54 Å². The minimum atomic E-state index is 0.254. The number of nitrogens with zero attached hydrogens (tertiary/aromatic N) is 3. The second-order valence-corrected chi connectivity index (χ2v) is 5.99. The van der Waals surface area contributed by atoms with Crippen LogP contribution in [0, 0.1) is 0 Å². The summed E-state index contributed by atoms with van der Waals surface area (Å²) >= 11 is 0. The molecule has 0 aliphatic carbocycles. The molecule has 0 radical (unpaired) electrons. The van der Waals surface area contributed by atoms with Crippen molar-refractivity contribution in [1.29, 1.82) is 0 Å². The van der Waals surface area contributed by atoms with E-state index in [0.717, 1.165) is 26.1 Å².